The second-order valence-electron chi connectivity index (χ2n) is 2.17. The van der Waals surface area contributed by atoms with Crippen molar-refractivity contribution in [3.05, 3.63) is 24.3 Å². The summed E-state index contributed by atoms with van der Waals surface area (Å²) in [6, 6.07) is 7.61. The van der Waals surface area contributed by atoms with Gasteiger partial charge in [0.2, 0.25) is 0 Å². The van der Waals surface area contributed by atoms with Gasteiger partial charge in [-0.3, -0.25) is 0 Å². The van der Waals surface area contributed by atoms with Crippen LogP contribution in [0, 0.1) is 0 Å². The normalized spacial score (nSPS) is 32.4. The van der Waals surface area contributed by atoms with Crippen molar-refractivity contribution < 1.29 is 2.74 Å². The second kappa shape index (κ2) is 2.21. The average molecular weight is 136 g/mol. The van der Waals surface area contributed by atoms with Gasteiger partial charge in [-0.15, -0.1) is 0 Å². The van der Waals surface area contributed by atoms with E-state index in [-0.39, 0.29) is 0 Å². The summed E-state index contributed by atoms with van der Waals surface area (Å²) in [6.45, 7) is -1.17. The highest BCUT2D eigenvalue weighted by atomic mass is 15.0. The summed E-state index contributed by atoms with van der Waals surface area (Å²) in [5, 5.41) is 5.85. The predicted molar refractivity (Wildman–Crippen MR) is 43.4 cm³/mol. The molecule has 10 heavy (non-hydrogen) atoms. The summed E-state index contributed by atoms with van der Waals surface area (Å²) in [4.78, 5) is 0. The van der Waals surface area contributed by atoms with Crippen LogP contribution in [0.15, 0.2) is 24.3 Å². The van der Waals surface area contributed by atoms with Crippen LogP contribution in [0.1, 0.15) is 2.74 Å². The summed E-state index contributed by atoms with van der Waals surface area (Å²) < 4.78 is 14.9. The van der Waals surface area contributed by atoms with Gasteiger partial charge in [-0.25, -0.2) is 0 Å². The Kier molecular flexibility index (Phi) is 0.854. The fourth-order valence-corrected chi connectivity index (χ4v) is 0.998. The molecule has 0 aromatic heterocycles. The Labute approximate surface area is 63.1 Å². The number of para-hydroxylation sites is 2. The largest absolute Gasteiger partial charge is 0.382 e. The van der Waals surface area contributed by atoms with Gasteiger partial charge >= 0.3 is 0 Å². The number of benzene rings is 1. The highest BCUT2D eigenvalue weighted by Gasteiger charge is 2.03. The van der Waals surface area contributed by atoms with E-state index in [1.165, 1.54) is 0 Å². The molecule has 0 saturated heterocycles. The molecule has 2 atom stereocenters. The maximum atomic E-state index is 7.45. The summed E-state index contributed by atoms with van der Waals surface area (Å²) in [5.41, 5.74) is 1.81. The number of fused-ring (bicyclic) bond motifs is 1. The van der Waals surface area contributed by atoms with Gasteiger partial charge in [-0.2, -0.15) is 0 Å². The van der Waals surface area contributed by atoms with Crippen molar-refractivity contribution in [2.75, 3.05) is 23.7 Å². The summed E-state index contributed by atoms with van der Waals surface area (Å²) >= 11 is 0. The van der Waals surface area contributed by atoms with Crippen LogP contribution in [0.5, 0.6) is 0 Å². The van der Waals surface area contributed by atoms with Crippen LogP contribution in [0.25, 0.3) is 0 Å². The van der Waals surface area contributed by atoms with Crippen LogP contribution in [-0.4, -0.2) is 13.0 Å². The Morgan fingerprint density at radius 2 is 1.60 bits per heavy atom. The lowest BCUT2D eigenvalue weighted by Crippen LogP contribution is -2.19. The fourth-order valence-electron chi connectivity index (χ4n) is 0.998. The third-order valence-corrected chi connectivity index (χ3v) is 1.49. The van der Waals surface area contributed by atoms with Crippen molar-refractivity contribution >= 4 is 11.4 Å². The number of rotatable bonds is 0. The minimum Gasteiger partial charge on any atom is -0.382 e. The Hall–Kier alpha value is -1.18. The lowest BCUT2D eigenvalue weighted by molar-refractivity contribution is 1.05. The van der Waals surface area contributed by atoms with Crippen LogP contribution in [-0.2, 0) is 0 Å². The quantitative estimate of drug-likeness (QED) is 0.565. The van der Waals surface area contributed by atoms with E-state index in [9.17, 15) is 0 Å². The first-order chi connectivity index (χ1) is 5.77. The average Bonchev–Trinajstić information content (AvgIpc) is 2.07. The molecule has 0 spiro atoms. The van der Waals surface area contributed by atoms with Crippen LogP contribution in [0.2, 0.25) is 0 Å². The second-order valence-corrected chi connectivity index (χ2v) is 2.17. The van der Waals surface area contributed by atoms with Crippen LogP contribution < -0.4 is 10.6 Å². The molecule has 1 aromatic carbocycles. The van der Waals surface area contributed by atoms with E-state index >= 15 is 0 Å². The molecule has 0 amide bonds. The number of anilines is 2. The minimum absolute atomic E-state index is 0.583. The SMILES string of the molecule is [2H]C1Nc2ccccc2NC1[2H]. The van der Waals surface area contributed by atoms with E-state index in [0.29, 0.717) is 0 Å². The molecule has 0 radical (unpaired) electrons. The molecule has 2 heteroatoms. The molecule has 2 unspecified atom stereocenters. The third kappa shape index (κ3) is 0.817. The number of hydrogen-bond acceptors (Lipinski definition) is 2. The van der Waals surface area contributed by atoms with E-state index in [2.05, 4.69) is 10.6 Å². The topological polar surface area (TPSA) is 24.1 Å². The summed E-state index contributed by atoms with van der Waals surface area (Å²) in [6.07, 6.45) is 0. The van der Waals surface area contributed by atoms with Crippen molar-refractivity contribution in [1.29, 1.82) is 0 Å². The van der Waals surface area contributed by atoms with Crippen molar-refractivity contribution in [1.82, 2.24) is 0 Å². The molecule has 0 saturated carbocycles. The maximum Gasteiger partial charge on any atom is 0.0576 e. The zero-order chi connectivity index (χ0) is 8.55. The minimum atomic E-state index is -0.583. The highest BCUT2D eigenvalue weighted by molar-refractivity contribution is 5.70. The highest BCUT2D eigenvalue weighted by Crippen LogP contribution is 2.22. The van der Waals surface area contributed by atoms with Gasteiger partial charge in [0.25, 0.3) is 0 Å². The van der Waals surface area contributed by atoms with Crippen molar-refractivity contribution in [2.24, 2.45) is 0 Å². The number of hydrogen-bond donors (Lipinski definition) is 2. The summed E-state index contributed by atoms with van der Waals surface area (Å²) in [5.74, 6) is 0. The zero-order valence-corrected chi connectivity index (χ0v) is 5.46. The van der Waals surface area contributed by atoms with Gasteiger partial charge in [-0.1, -0.05) is 12.1 Å². The first-order valence-corrected chi connectivity index (χ1v) is 3.24. The first kappa shape index (κ1) is 3.86. The standard InChI is InChI=1S/C8H10N2/c1-2-4-8-7(3-1)9-5-6-10-8/h1-4,9-10H,5-6H2/i5D,6D. The molecule has 1 aromatic rings. The Morgan fingerprint density at radius 3 is 2.10 bits per heavy atom. The molecular weight excluding hydrogens is 124 g/mol. The van der Waals surface area contributed by atoms with Crippen molar-refractivity contribution in [3.8, 4) is 0 Å². The van der Waals surface area contributed by atoms with Gasteiger partial charge in [0, 0.05) is 13.0 Å². The lowest BCUT2D eigenvalue weighted by atomic mass is 10.2. The van der Waals surface area contributed by atoms with Crippen molar-refractivity contribution in [3.63, 3.8) is 0 Å². The Bertz CT molecular complexity index is 261. The van der Waals surface area contributed by atoms with E-state index in [1.807, 2.05) is 24.3 Å². The smallest absolute Gasteiger partial charge is 0.0576 e. The van der Waals surface area contributed by atoms with Crippen LogP contribution in [0.4, 0.5) is 11.4 Å². The van der Waals surface area contributed by atoms with Gasteiger partial charge < -0.3 is 10.6 Å². The predicted octanol–water partition coefficient (Wildman–Crippen LogP) is 1.52. The molecule has 2 rings (SSSR count). The molecule has 2 nitrogen and oxygen atoms in total. The van der Waals surface area contributed by atoms with Crippen molar-refractivity contribution in [2.45, 2.75) is 0 Å². The van der Waals surface area contributed by atoms with E-state index in [4.69, 9.17) is 2.74 Å². The van der Waals surface area contributed by atoms with Crippen LogP contribution in [0.3, 0.4) is 0 Å². The molecule has 2 N–H and O–H groups in total. The van der Waals surface area contributed by atoms with Crippen LogP contribution >= 0.6 is 0 Å². The molecule has 0 bridgehead atoms. The monoisotopic (exact) mass is 136 g/mol. The molecule has 1 aliphatic heterocycles. The Morgan fingerprint density at radius 1 is 1.10 bits per heavy atom. The lowest BCUT2D eigenvalue weighted by Gasteiger charge is -2.18. The van der Waals surface area contributed by atoms with E-state index in [0.717, 1.165) is 11.4 Å². The fraction of sp³-hybridized carbons (Fsp3) is 0.250. The molecule has 52 valence electrons. The molecule has 0 fully saturated rings. The first-order valence-electron chi connectivity index (χ1n) is 4.39. The van der Waals surface area contributed by atoms with Gasteiger partial charge in [0.15, 0.2) is 0 Å². The van der Waals surface area contributed by atoms with Gasteiger partial charge in [0.05, 0.1) is 14.1 Å². The third-order valence-electron chi connectivity index (χ3n) is 1.49. The maximum absolute atomic E-state index is 7.45. The van der Waals surface area contributed by atoms with Gasteiger partial charge in [-0.05, 0) is 12.1 Å². The molecule has 1 aliphatic rings. The molecule has 1 heterocycles. The Balaban J connectivity index is 2.34. The van der Waals surface area contributed by atoms with Gasteiger partial charge in [0.1, 0.15) is 0 Å². The summed E-state index contributed by atoms with van der Waals surface area (Å²) in [7, 11) is 0. The number of nitrogens with one attached hydrogen (secondary N) is 2. The van der Waals surface area contributed by atoms with E-state index in [1.54, 1.807) is 0 Å². The molecular formula is C8H10N2. The van der Waals surface area contributed by atoms with E-state index < -0.39 is 13.0 Å². The molecule has 0 aliphatic carbocycles. The zero-order valence-electron chi connectivity index (χ0n) is 7.46.